The van der Waals surface area contributed by atoms with Crippen molar-refractivity contribution < 1.29 is 0 Å². The van der Waals surface area contributed by atoms with Crippen molar-refractivity contribution >= 4 is 120 Å². The predicted molar refractivity (Wildman–Crippen MR) is 294 cm³/mol. The maximum Gasteiger partial charge on any atom is 0.252 e. The topological polar surface area (TPSA) is 19.4 Å². The van der Waals surface area contributed by atoms with Crippen LogP contribution in [0.3, 0.4) is 0 Å². The lowest BCUT2D eigenvalue weighted by Crippen LogP contribution is -2.66. The number of fused-ring (bicyclic) bond motifs is 9. The van der Waals surface area contributed by atoms with Gasteiger partial charge in [-0.3, -0.25) is 0 Å². The third-order valence-corrected chi connectivity index (χ3v) is 16.6. The molecule has 0 aromatic heterocycles. The molecule has 7 aliphatic rings. The molecule has 7 heterocycles. The minimum absolute atomic E-state index is 0.0375. The quantitative estimate of drug-likeness (QED) is 0.159. The Morgan fingerprint density at radius 1 is 0.304 bits per heavy atom. The standard InChI is InChI=1S/C61H54B2N6/c1-6-21-42(22-7-1)67-52-30-14-12-28-48(52)62-50-41-51-61(47-27-20-36-66(60(47)50)54-37-45(38-55(67)58(54)62)64-32-16-4-17-33-64)69(44-25-10-3-11-26-44)57-40-46(65-34-18-5-19-35-65)39-56-59(57)63(51)49-29-13-15-31-53(49)68(56)43-23-8-2-9-24-43/h1-3,6-15,21-26,28-31,37-41H,4-5,16-20,27,32-36H2. The number of nitrogens with zero attached hydrogens (tertiary/aromatic N) is 6. The normalized spacial score (nSPS) is 17.2. The zero-order valence-corrected chi connectivity index (χ0v) is 39.2. The van der Waals surface area contributed by atoms with Gasteiger partial charge in [-0.2, -0.15) is 0 Å². The van der Waals surface area contributed by atoms with E-state index in [-0.39, 0.29) is 13.4 Å². The summed E-state index contributed by atoms with van der Waals surface area (Å²) in [5.74, 6) is 0. The molecule has 0 aliphatic carbocycles. The summed E-state index contributed by atoms with van der Waals surface area (Å²) >= 11 is 0. The molecular formula is C61H54B2N6. The van der Waals surface area contributed by atoms with Gasteiger partial charge >= 0.3 is 0 Å². The van der Waals surface area contributed by atoms with Crippen LogP contribution in [0.1, 0.15) is 50.5 Å². The van der Waals surface area contributed by atoms with E-state index in [0.717, 1.165) is 45.6 Å². The zero-order valence-electron chi connectivity index (χ0n) is 39.2. The number of benzene rings is 8. The first-order chi connectivity index (χ1) is 34.3. The highest BCUT2D eigenvalue weighted by atomic mass is 15.2. The monoisotopic (exact) mass is 892 g/mol. The summed E-state index contributed by atoms with van der Waals surface area (Å²) in [7, 11) is 0. The van der Waals surface area contributed by atoms with Crippen LogP contribution in [0, 0.1) is 0 Å². The lowest BCUT2D eigenvalue weighted by atomic mass is 9.30. The van der Waals surface area contributed by atoms with Crippen LogP contribution in [0.25, 0.3) is 0 Å². The zero-order chi connectivity index (χ0) is 45.2. The summed E-state index contributed by atoms with van der Waals surface area (Å²) < 4.78 is 0. The molecule has 6 nitrogen and oxygen atoms in total. The molecule has 8 aromatic carbocycles. The maximum absolute atomic E-state index is 2.79. The van der Waals surface area contributed by atoms with E-state index in [2.05, 4.69) is 199 Å². The lowest BCUT2D eigenvalue weighted by Gasteiger charge is -2.50. The van der Waals surface area contributed by atoms with Crippen LogP contribution in [0.5, 0.6) is 0 Å². The molecule has 2 saturated heterocycles. The smallest absolute Gasteiger partial charge is 0.252 e. The van der Waals surface area contributed by atoms with Gasteiger partial charge in [0.15, 0.2) is 0 Å². The summed E-state index contributed by atoms with van der Waals surface area (Å²) in [6.45, 7) is 5.50. The number of piperidine rings is 2. The van der Waals surface area contributed by atoms with Gasteiger partial charge < -0.3 is 29.4 Å². The van der Waals surface area contributed by atoms with Gasteiger partial charge in [0.05, 0.1) is 0 Å². The van der Waals surface area contributed by atoms with Crippen molar-refractivity contribution in [1.29, 1.82) is 0 Å². The summed E-state index contributed by atoms with van der Waals surface area (Å²) in [4.78, 5) is 16.0. The van der Waals surface area contributed by atoms with Crippen molar-refractivity contribution in [2.45, 2.75) is 51.4 Å². The molecule has 8 heteroatoms. The van der Waals surface area contributed by atoms with Crippen molar-refractivity contribution in [1.82, 2.24) is 0 Å². The second-order valence-corrected chi connectivity index (χ2v) is 20.4. The first-order valence-corrected chi connectivity index (χ1v) is 25.8. The molecule has 0 saturated carbocycles. The third kappa shape index (κ3) is 5.87. The predicted octanol–water partition coefficient (Wildman–Crippen LogP) is 10.4. The van der Waals surface area contributed by atoms with Gasteiger partial charge in [-0.25, -0.2) is 0 Å². The Labute approximate surface area is 407 Å². The van der Waals surface area contributed by atoms with Gasteiger partial charge in [0.25, 0.3) is 13.4 Å². The summed E-state index contributed by atoms with van der Waals surface area (Å²) in [6, 6.07) is 65.3. The van der Waals surface area contributed by atoms with E-state index in [4.69, 9.17) is 0 Å². The molecule has 7 aliphatic heterocycles. The third-order valence-electron chi connectivity index (χ3n) is 16.6. The molecule has 0 amide bonds. The van der Waals surface area contributed by atoms with E-state index in [0.29, 0.717) is 0 Å². The van der Waals surface area contributed by atoms with Crippen LogP contribution in [-0.4, -0.2) is 46.1 Å². The summed E-state index contributed by atoms with van der Waals surface area (Å²) in [6.07, 6.45) is 9.68. The molecule has 0 radical (unpaired) electrons. The second kappa shape index (κ2) is 15.6. The fourth-order valence-electron chi connectivity index (χ4n) is 13.8. The highest BCUT2D eigenvalue weighted by molar-refractivity contribution is 7.03. The molecule has 15 rings (SSSR count). The van der Waals surface area contributed by atoms with E-state index in [9.17, 15) is 0 Å². The van der Waals surface area contributed by atoms with Crippen LogP contribution in [0.4, 0.5) is 73.9 Å². The Balaban J connectivity index is 1.05. The van der Waals surface area contributed by atoms with Gasteiger partial charge in [0.1, 0.15) is 0 Å². The fraction of sp³-hybridized carbons (Fsp3) is 0.213. The van der Waals surface area contributed by atoms with E-state index in [1.165, 1.54) is 151 Å². The molecule has 69 heavy (non-hydrogen) atoms. The Morgan fingerprint density at radius 2 is 0.725 bits per heavy atom. The average Bonchev–Trinajstić information content (AvgIpc) is 3.42. The Kier molecular flexibility index (Phi) is 8.97. The Morgan fingerprint density at radius 3 is 1.25 bits per heavy atom. The highest BCUT2D eigenvalue weighted by Crippen LogP contribution is 2.52. The van der Waals surface area contributed by atoms with Crippen molar-refractivity contribution in [2.24, 2.45) is 0 Å². The molecule has 0 atom stereocenters. The number of anilines is 13. The SMILES string of the molecule is c1ccc(N2c3ccccc3B3c4cc5c(c6c4N(CCC6)c4cc(N6CCCCC6)cc2c43)N(c2ccccc2)c2cc(N3CCCCC3)cc3c2B5c2ccccc2N3c2ccccc2)cc1. The van der Waals surface area contributed by atoms with Crippen LogP contribution < -0.4 is 62.2 Å². The van der Waals surface area contributed by atoms with E-state index >= 15 is 0 Å². The van der Waals surface area contributed by atoms with E-state index in [1.54, 1.807) is 0 Å². The first kappa shape index (κ1) is 39.7. The van der Waals surface area contributed by atoms with Crippen molar-refractivity contribution in [2.75, 3.05) is 62.1 Å². The summed E-state index contributed by atoms with van der Waals surface area (Å²) in [5, 5.41) is 0. The van der Waals surface area contributed by atoms with Crippen molar-refractivity contribution in [3.8, 4) is 0 Å². The van der Waals surface area contributed by atoms with Gasteiger partial charge in [0, 0.05) is 107 Å². The number of hydrogen-bond acceptors (Lipinski definition) is 6. The summed E-state index contributed by atoms with van der Waals surface area (Å²) in [5.41, 5.74) is 27.0. The minimum atomic E-state index is 0.0375. The fourth-order valence-corrected chi connectivity index (χ4v) is 13.8. The average molecular weight is 893 g/mol. The number of para-hydroxylation sites is 5. The van der Waals surface area contributed by atoms with Crippen LogP contribution in [-0.2, 0) is 6.42 Å². The molecule has 0 spiro atoms. The molecule has 0 unspecified atom stereocenters. The highest BCUT2D eigenvalue weighted by Gasteiger charge is 2.50. The first-order valence-electron chi connectivity index (χ1n) is 25.8. The van der Waals surface area contributed by atoms with Crippen molar-refractivity contribution in [3.05, 3.63) is 175 Å². The molecule has 8 aromatic rings. The van der Waals surface area contributed by atoms with E-state index < -0.39 is 0 Å². The largest absolute Gasteiger partial charge is 0.371 e. The van der Waals surface area contributed by atoms with Crippen LogP contribution >= 0.6 is 0 Å². The molecular weight excluding hydrogens is 838 g/mol. The van der Waals surface area contributed by atoms with Gasteiger partial charge in [0.2, 0.25) is 0 Å². The van der Waals surface area contributed by atoms with Crippen molar-refractivity contribution in [3.63, 3.8) is 0 Å². The Bertz CT molecular complexity index is 3330. The lowest BCUT2D eigenvalue weighted by molar-refractivity contribution is 0.578. The minimum Gasteiger partial charge on any atom is -0.371 e. The molecule has 0 bridgehead atoms. The number of hydrogen-bond donors (Lipinski definition) is 0. The van der Waals surface area contributed by atoms with Gasteiger partial charge in [-0.1, -0.05) is 97.1 Å². The molecule has 2 fully saturated rings. The van der Waals surface area contributed by atoms with Gasteiger partial charge in [-0.05, 0) is 163 Å². The van der Waals surface area contributed by atoms with Gasteiger partial charge in [-0.15, -0.1) is 0 Å². The molecule has 0 N–H and O–H groups in total. The second-order valence-electron chi connectivity index (χ2n) is 20.4. The van der Waals surface area contributed by atoms with Crippen LogP contribution in [0.2, 0.25) is 0 Å². The maximum atomic E-state index is 2.79. The Hall–Kier alpha value is -7.31. The van der Waals surface area contributed by atoms with E-state index in [1.807, 2.05) is 0 Å². The number of rotatable bonds is 5. The molecule has 334 valence electrons. The van der Waals surface area contributed by atoms with Crippen LogP contribution in [0.15, 0.2) is 170 Å².